The Hall–Kier alpha value is -4.56. The molecule has 47 heavy (non-hydrogen) atoms. The first-order chi connectivity index (χ1) is 22.1. The van der Waals surface area contributed by atoms with E-state index in [4.69, 9.17) is 26.8 Å². The third-order valence-corrected chi connectivity index (χ3v) is 9.03. The van der Waals surface area contributed by atoms with Gasteiger partial charge in [-0.2, -0.15) is 13.2 Å². The molecule has 0 spiro atoms. The van der Waals surface area contributed by atoms with E-state index in [1.54, 1.807) is 0 Å². The first-order valence-corrected chi connectivity index (χ1v) is 14.6. The fourth-order valence-corrected chi connectivity index (χ4v) is 5.85. The van der Waals surface area contributed by atoms with E-state index in [1.807, 2.05) is 0 Å². The summed E-state index contributed by atoms with van der Waals surface area (Å²) in [5.74, 6) is -4.08. The monoisotopic (exact) mass is 676 g/mol. The number of amides is 2. The number of carbonyl (C=O) groups is 2. The molecule has 0 bridgehead atoms. The Morgan fingerprint density at radius 3 is 2.55 bits per heavy atom. The van der Waals surface area contributed by atoms with Crippen LogP contribution in [0.15, 0.2) is 42.6 Å². The largest absolute Gasteiger partial charge is 0.494 e. The zero-order chi connectivity index (χ0) is 34.1. The lowest BCUT2D eigenvalue weighted by atomic mass is 9.81. The minimum atomic E-state index is -4.67. The van der Waals surface area contributed by atoms with Crippen LogP contribution in [0.2, 0.25) is 5.02 Å². The molecule has 1 saturated carbocycles. The Morgan fingerprint density at radius 1 is 1.19 bits per heavy atom. The van der Waals surface area contributed by atoms with Gasteiger partial charge in [-0.25, -0.2) is 13.8 Å². The van der Waals surface area contributed by atoms with Gasteiger partial charge in [0.2, 0.25) is 5.91 Å². The highest BCUT2D eigenvalue weighted by molar-refractivity contribution is 6.31. The number of hydrogen-bond donors (Lipinski definition) is 3. The van der Waals surface area contributed by atoms with Crippen molar-refractivity contribution in [3.63, 3.8) is 0 Å². The molecule has 4 N–H and O–H groups in total. The number of methoxy groups -OCH3 is 1. The summed E-state index contributed by atoms with van der Waals surface area (Å²) in [7, 11) is 1.28. The van der Waals surface area contributed by atoms with Crippen LogP contribution in [0, 0.1) is 17.6 Å². The van der Waals surface area contributed by atoms with Crippen LogP contribution < -0.4 is 20.5 Å². The minimum Gasteiger partial charge on any atom is -0.494 e. The first-order valence-electron chi connectivity index (χ1n) is 14.3. The van der Waals surface area contributed by atoms with Gasteiger partial charge in [0.05, 0.1) is 24.9 Å². The molecule has 4 aromatic rings. The number of halogens is 6. The van der Waals surface area contributed by atoms with Crippen molar-refractivity contribution in [1.29, 1.82) is 0 Å². The summed E-state index contributed by atoms with van der Waals surface area (Å²) in [6.45, 7) is 0.843. The van der Waals surface area contributed by atoms with E-state index in [1.165, 1.54) is 32.2 Å². The van der Waals surface area contributed by atoms with Crippen LogP contribution in [0.5, 0.6) is 11.5 Å². The third-order valence-electron chi connectivity index (χ3n) is 8.68. The van der Waals surface area contributed by atoms with Crippen LogP contribution >= 0.6 is 11.6 Å². The van der Waals surface area contributed by atoms with Crippen molar-refractivity contribution >= 4 is 34.3 Å². The highest BCUT2D eigenvalue weighted by atomic mass is 35.5. The maximum atomic E-state index is 15.3. The van der Waals surface area contributed by atoms with Crippen LogP contribution in [-0.2, 0) is 22.0 Å². The predicted octanol–water partition coefficient (Wildman–Crippen LogP) is 5.42. The maximum Gasteiger partial charge on any atom is 0.417 e. The van der Waals surface area contributed by atoms with Crippen molar-refractivity contribution < 1.29 is 46.1 Å². The number of primary amides is 1. The highest BCUT2D eigenvalue weighted by Crippen LogP contribution is 2.50. The molecule has 1 fully saturated rings. The van der Waals surface area contributed by atoms with Gasteiger partial charge in [0.1, 0.15) is 51.2 Å². The van der Waals surface area contributed by atoms with Crippen molar-refractivity contribution in [3.05, 3.63) is 81.6 Å². The molecule has 1 unspecified atom stereocenters. The number of rotatable bonds is 8. The number of benzene rings is 2. The van der Waals surface area contributed by atoms with Gasteiger partial charge in [-0.3, -0.25) is 14.6 Å². The number of nitrogens with two attached hydrogens (primary N) is 1. The van der Waals surface area contributed by atoms with E-state index in [0.29, 0.717) is 19.0 Å². The van der Waals surface area contributed by atoms with Gasteiger partial charge in [0.25, 0.3) is 5.91 Å². The lowest BCUT2D eigenvalue weighted by Crippen LogP contribution is -2.44. The van der Waals surface area contributed by atoms with E-state index in [2.05, 4.69) is 15.3 Å². The Bertz CT molecular complexity index is 1970. The van der Waals surface area contributed by atoms with Crippen LogP contribution in [0.4, 0.5) is 22.0 Å². The number of nitrogens with zero attached hydrogens (tertiary/aromatic N) is 2. The topological polar surface area (TPSA) is 137 Å². The molecule has 0 radical (unpaired) electrons. The third kappa shape index (κ3) is 5.48. The first kappa shape index (κ1) is 32.4. The van der Waals surface area contributed by atoms with Gasteiger partial charge in [-0.15, -0.1) is 0 Å². The second-order valence-electron chi connectivity index (χ2n) is 11.8. The molecule has 2 amide bonds. The van der Waals surface area contributed by atoms with Gasteiger partial charge < -0.3 is 25.6 Å². The van der Waals surface area contributed by atoms with E-state index >= 15 is 4.39 Å². The number of hydrogen-bond acceptors (Lipinski definition) is 7. The molecule has 0 saturated heterocycles. The smallest absolute Gasteiger partial charge is 0.417 e. The fourth-order valence-electron chi connectivity index (χ4n) is 5.68. The summed E-state index contributed by atoms with van der Waals surface area (Å²) < 4.78 is 80.5. The number of ether oxygens (including phenoxy) is 2. The number of pyridine rings is 2. The highest BCUT2D eigenvalue weighted by Gasteiger charge is 2.50. The summed E-state index contributed by atoms with van der Waals surface area (Å²) >= 11 is 5.85. The zero-order valence-corrected chi connectivity index (χ0v) is 25.5. The Morgan fingerprint density at radius 2 is 1.91 bits per heavy atom. The van der Waals surface area contributed by atoms with Gasteiger partial charge in [0.15, 0.2) is 5.82 Å². The maximum absolute atomic E-state index is 15.3. The number of aromatic nitrogens is 2. The molecule has 2 aromatic carbocycles. The summed E-state index contributed by atoms with van der Waals surface area (Å²) in [5, 5.41) is 13.9. The molecule has 15 heteroatoms. The van der Waals surface area contributed by atoms with Crippen LogP contribution in [0.3, 0.4) is 0 Å². The van der Waals surface area contributed by atoms with E-state index in [9.17, 15) is 32.3 Å². The quantitative estimate of drug-likeness (QED) is 0.168. The Kier molecular flexibility index (Phi) is 7.79. The van der Waals surface area contributed by atoms with Crippen molar-refractivity contribution in [2.24, 2.45) is 11.7 Å². The lowest BCUT2D eigenvalue weighted by molar-refractivity contribution is -0.137. The standard InChI is InChI=1S/C32H26ClF5N4O5/c1-30(29(39)44)13-47-27-19(30)10-22(42-26(27)18-5-6-20(34)23(33)24(18)35)31(45,16-3-4-16)12-41-28(43)15-7-14-8-17(32(36,37)38)11-40-25(14)21(9-15)46-2/h5-11,16,45H,3-4,12-13H2,1-2H3,(H2,39,44)(H,41,43)/t30-,31?/m0/s1. The number of fused-ring (bicyclic) bond motifs is 2. The fraction of sp³-hybridized carbons (Fsp3) is 0.312. The van der Waals surface area contributed by atoms with Gasteiger partial charge in [0, 0.05) is 28.3 Å². The Balaban J connectivity index is 1.41. The second-order valence-corrected chi connectivity index (χ2v) is 12.2. The van der Waals surface area contributed by atoms with Crippen molar-refractivity contribution in [3.8, 4) is 22.8 Å². The van der Waals surface area contributed by atoms with E-state index in [0.717, 1.165) is 18.2 Å². The van der Waals surface area contributed by atoms with Crippen molar-refractivity contribution in [2.75, 3.05) is 20.3 Å². The molecule has 2 atom stereocenters. The van der Waals surface area contributed by atoms with Crippen LogP contribution in [0.25, 0.3) is 22.2 Å². The number of alkyl halides is 3. The molecule has 2 aromatic heterocycles. The Labute approximate surface area is 268 Å². The van der Waals surface area contributed by atoms with Crippen LogP contribution in [0.1, 0.15) is 46.9 Å². The molecule has 1 aliphatic carbocycles. The minimum absolute atomic E-state index is 0.00238. The van der Waals surface area contributed by atoms with Crippen LogP contribution in [-0.4, -0.2) is 47.2 Å². The average molecular weight is 677 g/mol. The number of carbonyl (C=O) groups excluding carboxylic acids is 2. The number of aliphatic hydroxyl groups is 1. The molecule has 3 heterocycles. The van der Waals surface area contributed by atoms with Gasteiger partial charge >= 0.3 is 6.18 Å². The summed E-state index contributed by atoms with van der Waals surface area (Å²) in [4.78, 5) is 34.4. The average Bonchev–Trinajstić information content (AvgIpc) is 3.84. The van der Waals surface area contributed by atoms with E-state index < -0.39 is 63.7 Å². The van der Waals surface area contributed by atoms with Gasteiger partial charge in [-0.1, -0.05) is 11.6 Å². The molecule has 9 nitrogen and oxygen atoms in total. The molecular weight excluding hydrogens is 651 g/mol. The van der Waals surface area contributed by atoms with E-state index in [-0.39, 0.29) is 57.1 Å². The predicted molar refractivity (Wildman–Crippen MR) is 159 cm³/mol. The zero-order valence-electron chi connectivity index (χ0n) is 24.8. The summed E-state index contributed by atoms with van der Waals surface area (Å²) in [5.41, 5.74) is 1.15. The molecule has 2 aliphatic rings. The van der Waals surface area contributed by atoms with Gasteiger partial charge in [-0.05, 0) is 62.1 Å². The second kappa shape index (κ2) is 11.3. The normalized spacial score (nSPS) is 18.7. The van der Waals surface area contributed by atoms with Crippen molar-refractivity contribution in [1.82, 2.24) is 15.3 Å². The molecule has 246 valence electrons. The molecular formula is C32H26ClF5N4O5. The molecule has 6 rings (SSSR count). The summed E-state index contributed by atoms with van der Waals surface area (Å²) in [6, 6.07) is 6.80. The summed E-state index contributed by atoms with van der Waals surface area (Å²) in [6.07, 6.45) is -2.96. The SMILES string of the molecule is COc1cc(C(=O)NCC(O)(c2cc3c(c(-c4ccc(F)c(Cl)c4F)n2)OC[C@]3(C)C(N)=O)C2CC2)cc2cc(C(F)(F)F)cnc12. The van der Waals surface area contributed by atoms with Crippen molar-refractivity contribution in [2.45, 2.75) is 37.0 Å². The number of nitrogens with one attached hydrogen (secondary N) is 1. The lowest BCUT2D eigenvalue weighted by Gasteiger charge is -2.30. The molecule has 1 aliphatic heterocycles.